The van der Waals surface area contributed by atoms with Gasteiger partial charge in [0.05, 0.1) is 5.56 Å². The third-order valence-corrected chi connectivity index (χ3v) is 4.53. The number of aryl methyl sites for hydroxylation is 2. The van der Waals surface area contributed by atoms with E-state index in [1.54, 1.807) is 4.40 Å². The molecule has 0 spiro atoms. The normalized spacial score (nSPS) is 17.2. The molecule has 2 aliphatic rings. The summed E-state index contributed by atoms with van der Waals surface area (Å²) in [5, 5.41) is 9.47. The fraction of sp³-hybridized carbons (Fsp3) is 0.467. The highest BCUT2D eigenvalue weighted by molar-refractivity contribution is 5.63. The van der Waals surface area contributed by atoms with Gasteiger partial charge in [0.1, 0.15) is 11.7 Å². The lowest BCUT2D eigenvalue weighted by Crippen LogP contribution is -2.21. The quantitative estimate of drug-likeness (QED) is 0.779. The molecule has 2 aromatic heterocycles. The Morgan fingerprint density at radius 2 is 1.84 bits per heavy atom. The van der Waals surface area contributed by atoms with Gasteiger partial charge >= 0.3 is 0 Å². The van der Waals surface area contributed by atoms with Crippen LogP contribution in [0.3, 0.4) is 0 Å². The molecule has 19 heavy (non-hydrogen) atoms. The summed E-state index contributed by atoms with van der Waals surface area (Å²) in [6.45, 7) is 0. The van der Waals surface area contributed by atoms with Crippen LogP contribution in [0.5, 0.6) is 0 Å². The van der Waals surface area contributed by atoms with Crippen molar-refractivity contribution in [3.63, 3.8) is 0 Å². The number of hydrogen-bond acceptors (Lipinski definition) is 2. The minimum absolute atomic E-state index is 0.112. The molecule has 2 aliphatic carbocycles. The first-order valence-electron chi connectivity index (χ1n) is 7.01. The lowest BCUT2D eigenvalue weighted by atomic mass is 10.0. The highest BCUT2D eigenvalue weighted by Crippen LogP contribution is 2.28. The largest absolute Gasteiger partial charge is 0.342 e. The van der Waals surface area contributed by atoms with Crippen LogP contribution in [0.1, 0.15) is 47.3 Å². The van der Waals surface area contributed by atoms with Gasteiger partial charge in [0.15, 0.2) is 0 Å². The molecule has 0 fully saturated rings. The molecule has 0 atom stereocenters. The van der Waals surface area contributed by atoms with Crippen molar-refractivity contribution >= 4 is 5.65 Å². The van der Waals surface area contributed by atoms with Crippen molar-refractivity contribution in [3.8, 4) is 6.07 Å². The molecule has 0 saturated heterocycles. The van der Waals surface area contributed by atoms with E-state index in [4.69, 9.17) is 0 Å². The molecule has 0 unspecified atom stereocenters. The maximum Gasteiger partial charge on any atom is 0.260 e. The molecule has 4 heteroatoms. The molecular weight excluding hydrogens is 238 g/mol. The number of fused-ring (bicyclic) bond motifs is 4. The monoisotopic (exact) mass is 253 g/mol. The topological polar surface area (TPSA) is 61.1 Å². The number of rotatable bonds is 0. The van der Waals surface area contributed by atoms with Gasteiger partial charge in [-0.05, 0) is 50.5 Å². The van der Waals surface area contributed by atoms with Crippen LogP contribution in [0.4, 0.5) is 0 Å². The molecular formula is C15H15N3O. The van der Waals surface area contributed by atoms with Gasteiger partial charge in [0, 0.05) is 17.0 Å². The van der Waals surface area contributed by atoms with Gasteiger partial charge in [-0.2, -0.15) is 5.26 Å². The van der Waals surface area contributed by atoms with Crippen LogP contribution >= 0.6 is 0 Å². The first-order valence-corrected chi connectivity index (χ1v) is 7.01. The molecule has 1 N–H and O–H groups in total. The Hall–Kier alpha value is -2.02. The van der Waals surface area contributed by atoms with Crippen molar-refractivity contribution in [2.45, 2.75) is 44.9 Å². The maximum atomic E-state index is 12.7. The molecule has 2 aromatic rings. The third-order valence-electron chi connectivity index (χ3n) is 4.53. The van der Waals surface area contributed by atoms with E-state index < -0.39 is 0 Å². The van der Waals surface area contributed by atoms with E-state index in [9.17, 15) is 10.1 Å². The van der Waals surface area contributed by atoms with Gasteiger partial charge < -0.3 is 4.98 Å². The summed E-state index contributed by atoms with van der Waals surface area (Å²) in [6.07, 6.45) is 6.92. The summed E-state index contributed by atoms with van der Waals surface area (Å²) in [6, 6.07) is 2.32. The van der Waals surface area contributed by atoms with Gasteiger partial charge in [0.2, 0.25) is 0 Å². The summed E-state index contributed by atoms with van der Waals surface area (Å²) in [4.78, 5) is 16.0. The minimum Gasteiger partial charge on any atom is -0.342 e. The highest BCUT2D eigenvalue weighted by Gasteiger charge is 2.26. The number of aromatic amines is 1. The van der Waals surface area contributed by atoms with E-state index in [2.05, 4.69) is 11.1 Å². The number of pyridine rings is 1. The Bertz CT molecular complexity index is 789. The fourth-order valence-corrected chi connectivity index (χ4v) is 3.66. The molecule has 4 nitrogen and oxygen atoms in total. The van der Waals surface area contributed by atoms with Crippen LogP contribution in [-0.2, 0) is 25.7 Å². The molecule has 0 aromatic carbocycles. The SMILES string of the molecule is N#Cc1c2c(c(=O)n3c4c([nH]c13)CCCC4)CCC2. The van der Waals surface area contributed by atoms with Crippen LogP contribution in [0.2, 0.25) is 0 Å². The molecule has 96 valence electrons. The van der Waals surface area contributed by atoms with Crippen LogP contribution in [0.15, 0.2) is 4.79 Å². The Labute approximate surface area is 110 Å². The maximum absolute atomic E-state index is 12.7. The zero-order valence-electron chi connectivity index (χ0n) is 10.8. The average molecular weight is 253 g/mol. The Balaban J connectivity index is 2.20. The first kappa shape index (κ1) is 10.9. The van der Waals surface area contributed by atoms with Crippen molar-refractivity contribution in [3.05, 3.63) is 38.4 Å². The van der Waals surface area contributed by atoms with Gasteiger partial charge in [-0.25, -0.2) is 0 Å². The smallest absolute Gasteiger partial charge is 0.260 e. The van der Waals surface area contributed by atoms with Crippen molar-refractivity contribution in [2.75, 3.05) is 0 Å². The van der Waals surface area contributed by atoms with E-state index in [-0.39, 0.29) is 5.56 Å². The predicted octanol–water partition coefficient (Wildman–Crippen LogP) is 1.87. The van der Waals surface area contributed by atoms with Gasteiger partial charge in [-0.15, -0.1) is 0 Å². The zero-order chi connectivity index (χ0) is 13.0. The summed E-state index contributed by atoms with van der Waals surface area (Å²) in [7, 11) is 0. The summed E-state index contributed by atoms with van der Waals surface area (Å²) in [5.74, 6) is 0. The number of nitrogens with one attached hydrogen (secondary N) is 1. The summed E-state index contributed by atoms with van der Waals surface area (Å²) < 4.78 is 1.79. The van der Waals surface area contributed by atoms with Crippen LogP contribution in [0.25, 0.3) is 5.65 Å². The van der Waals surface area contributed by atoms with E-state index in [0.717, 1.165) is 73.1 Å². The van der Waals surface area contributed by atoms with Crippen molar-refractivity contribution in [2.24, 2.45) is 0 Å². The number of aromatic nitrogens is 2. The van der Waals surface area contributed by atoms with E-state index in [1.807, 2.05) is 0 Å². The molecule has 0 amide bonds. The number of nitriles is 1. The first-order chi connectivity index (χ1) is 9.31. The van der Waals surface area contributed by atoms with Crippen molar-refractivity contribution < 1.29 is 0 Å². The lowest BCUT2D eigenvalue weighted by molar-refractivity contribution is 0.657. The molecule has 0 bridgehead atoms. The number of H-pyrrole nitrogens is 1. The van der Waals surface area contributed by atoms with Crippen molar-refractivity contribution in [1.29, 1.82) is 5.26 Å². The second-order valence-corrected chi connectivity index (χ2v) is 5.54. The van der Waals surface area contributed by atoms with Crippen LogP contribution in [-0.4, -0.2) is 9.38 Å². The molecule has 0 radical (unpaired) electrons. The minimum atomic E-state index is 0.112. The number of imidazole rings is 1. The Morgan fingerprint density at radius 3 is 2.68 bits per heavy atom. The van der Waals surface area contributed by atoms with Gasteiger partial charge in [-0.1, -0.05) is 0 Å². The second kappa shape index (κ2) is 3.74. The lowest BCUT2D eigenvalue weighted by Gasteiger charge is -2.11. The Morgan fingerprint density at radius 1 is 1.05 bits per heavy atom. The Kier molecular flexibility index (Phi) is 2.14. The average Bonchev–Trinajstić information content (AvgIpc) is 3.03. The molecule has 4 rings (SSSR count). The van der Waals surface area contributed by atoms with E-state index >= 15 is 0 Å². The van der Waals surface area contributed by atoms with Crippen LogP contribution in [0, 0.1) is 11.3 Å². The van der Waals surface area contributed by atoms with Gasteiger partial charge in [-0.3, -0.25) is 9.20 Å². The highest BCUT2D eigenvalue weighted by atomic mass is 16.1. The van der Waals surface area contributed by atoms with Crippen LogP contribution < -0.4 is 5.56 Å². The van der Waals surface area contributed by atoms with Gasteiger partial charge in [0.25, 0.3) is 5.56 Å². The van der Waals surface area contributed by atoms with E-state index in [1.165, 1.54) is 0 Å². The van der Waals surface area contributed by atoms with E-state index in [0.29, 0.717) is 5.56 Å². The number of nitrogens with zero attached hydrogens (tertiary/aromatic N) is 2. The summed E-state index contributed by atoms with van der Waals surface area (Å²) >= 11 is 0. The fourth-order valence-electron chi connectivity index (χ4n) is 3.66. The molecule has 0 saturated carbocycles. The molecule has 2 heterocycles. The standard InChI is InChI=1S/C15H15N3O/c16-8-11-9-4-3-5-10(9)15(19)18-13-7-2-1-6-12(13)17-14(11)18/h17H,1-7H2. The molecule has 0 aliphatic heterocycles. The summed E-state index contributed by atoms with van der Waals surface area (Å²) in [5.41, 5.74) is 5.68. The predicted molar refractivity (Wildman–Crippen MR) is 71.4 cm³/mol. The zero-order valence-corrected chi connectivity index (χ0v) is 10.8. The number of hydrogen-bond donors (Lipinski definition) is 1. The second-order valence-electron chi connectivity index (χ2n) is 5.54. The van der Waals surface area contributed by atoms with Crippen molar-refractivity contribution in [1.82, 2.24) is 9.38 Å². The third kappa shape index (κ3) is 1.30.